The molecule has 1 saturated heterocycles. The van der Waals surface area contributed by atoms with Crippen molar-refractivity contribution >= 4 is 13.3 Å². The van der Waals surface area contributed by atoms with Crippen LogP contribution >= 0.6 is 0 Å². The average molecular weight is 258 g/mol. The Kier molecular flexibility index (Phi) is 10.9. The second-order valence-corrected chi connectivity index (χ2v) is 4.64. The van der Waals surface area contributed by atoms with Crippen LogP contribution in [0.5, 0.6) is 0 Å². The standard InChI is InChI=1S/C10H23BN2O2.CO2/c12-9(4-1-2-6-11(14)15)8-10-5-3-7-13-10;2-1-3/h9-10,13-15H,1-8,12H2;/t9-,10?;/m1./s1. The van der Waals surface area contributed by atoms with Crippen molar-refractivity contribution in [2.75, 3.05) is 6.54 Å². The lowest BCUT2D eigenvalue weighted by molar-refractivity contribution is -0.191. The van der Waals surface area contributed by atoms with E-state index in [4.69, 9.17) is 25.4 Å². The van der Waals surface area contributed by atoms with Gasteiger partial charge in [0.25, 0.3) is 0 Å². The van der Waals surface area contributed by atoms with E-state index < -0.39 is 7.12 Å². The third-order valence-electron chi connectivity index (χ3n) is 3.04. The summed E-state index contributed by atoms with van der Waals surface area (Å²) in [5.41, 5.74) is 6.01. The van der Waals surface area contributed by atoms with E-state index in [0.29, 0.717) is 12.4 Å². The average Bonchev–Trinajstić information content (AvgIpc) is 2.78. The lowest BCUT2D eigenvalue weighted by Gasteiger charge is -2.16. The first-order valence-corrected chi connectivity index (χ1v) is 6.44. The Hall–Kier alpha value is -0.715. The van der Waals surface area contributed by atoms with Crippen LogP contribution in [0.25, 0.3) is 0 Å². The Balaban J connectivity index is 0.000000873. The first-order chi connectivity index (χ1) is 8.60. The van der Waals surface area contributed by atoms with Crippen molar-refractivity contribution < 1.29 is 19.6 Å². The maximum absolute atomic E-state index is 8.66. The van der Waals surface area contributed by atoms with Crippen molar-refractivity contribution in [3.05, 3.63) is 0 Å². The maximum Gasteiger partial charge on any atom is 0.451 e. The molecule has 0 aromatic carbocycles. The second kappa shape index (κ2) is 11.4. The normalized spacial score (nSPS) is 19.6. The van der Waals surface area contributed by atoms with Gasteiger partial charge in [0, 0.05) is 12.1 Å². The number of unbranched alkanes of at least 4 members (excludes halogenated alkanes) is 1. The molecule has 7 heteroatoms. The minimum Gasteiger partial charge on any atom is -0.427 e. The highest BCUT2D eigenvalue weighted by Crippen LogP contribution is 2.13. The van der Waals surface area contributed by atoms with Gasteiger partial charge < -0.3 is 21.1 Å². The molecule has 0 bridgehead atoms. The summed E-state index contributed by atoms with van der Waals surface area (Å²) in [5.74, 6) is 0. The van der Waals surface area contributed by atoms with E-state index in [1.165, 1.54) is 12.8 Å². The smallest absolute Gasteiger partial charge is 0.427 e. The fourth-order valence-electron chi connectivity index (χ4n) is 2.17. The zero-order chi connectivity index (χ0) is 13.8. The summed E-state index contributed by atoms with van der Waals surface area (Å²) in [6, 6.07) is 0.875. The van der Waals surface area contributed by atoms with Crippen LogP contribution in [0, 0.1) is 0 Å². The van der Waals surface area contributed by atoms with Crippen molar-refractivity contribution in [2.24, 2.45) is 5.73 Å². The van der Waals surface area contributed by atoms with Crippen molar-refractivity contribution in [3.8, 4) is 0 Å². The molecule has 0 saturated carbocycles. The maximum atomic E-state index is 8.66. The molecular formula is C11H23BN2O4. The molecule has 1 fully saturated rings. The Morgan fingerprint density at radius 3 is 2.56 bits per heavy atom. The Morgan fingerprint density at radius 1 is 1.39 bits per heavy atom. The number of rotatable bonds is 7. The van der Waals surface area contributed by atoms with Gasteiger partial charge >= 0.3 is 13.3 Å². The van der Waals surface area contributed by atoms with Gasteiger partial charge in [0.15, 0.2) is 0 Å². The lowest BCUT2D eigenvalue weighted by Crippen LogP contribution is -2.31. The SMILES string of the molecule is N[C@H](CCCCB(O)O)CC1CCCN1.O=C=O. The molecule has 104 valence electrons. The molecule has 1 heterocycles. The molecule has 2 atom stereocenters. The predicted octanol–water partition coefficient (Wildman–Crippen LogP) is -0.485. The van der Waals surface area contributed by atoms with E-state index in [-0.39, 0.29) is 12.2 Å². The fraction of sp³-hybridized carbons (Fsp3) is 0.909. The molecule has 6 nitrogen and oxygen atoms in total. The molecule has 0 aromatic heterocycles. The molecule has 0 radical (unpaired) electrons. The predicted molar refractivity (Wildman–Crippen MR) is 67.5 cm³/mol. The highest BCUT2D eigenvalue weighted by Gasteiger charge is 2.17. The number of nitrogens with one attached hydrogen (secondary N) is 1. The van der Waals surface area contributed by atoms with Crippen LogP contribution in [0.3, 0.4) is 0 Å². The minimum atomic E-state index is -1.15. The summed E-state index contributed by atoms with van der Waals surface area (Å²) in [4.78, 5) is 16.2. The van der Waals surface area contributed by atoms with E-state index in [1.54, 1.807) is 0 Å². The largest absolute Gasteiger partial charge is 0.451 e. The van der Waals surface area contributed by atoms with Crippen LogP contribution in [0.1, 0.15) is 38.5 Å². The van der Waals surface area contributed by atoms with Crippen LogP contribution in [-0.4, -0.2) is 41.9 Å². The quantitative estimate of drug-likeness (QED) is 0.362. The first-order valence-electron chi connectivity index (χ1n) is 6.44. The van der Waals surface area contributed by atoms with Gasteiger partial charge in [-0.3, -0.25) is 0 Å². The van der Waals surface area contributed by atoms with Gasteiger partial charge in [-0.15, -0.1) is 0 Å². The summed E-state index contributed by atoms with van der Waals surface area (Å²) in [6.45, 7) is 1.13. The molecule has 0 aliphatic carbocycles. The number of carbonyl (C=O) groups excluding carboxylic acids is 2. The third-order valence-corrected chi connectivity index (χ3v) is 3.04. The van der Waals surface area contributed by atoms with E-state index in [0.717, 1.165) is 32.2 Å². The molecule has 1 aliphatic rings. The molecule has 0 aromatic rings. The number of hydrogen-bond donors (Lipinski definition) is 4. The van der Waals surface area contributed by atoms with Gasteiger partial charge in [-0.25, -0.2) is 0 Å². The zero-order valence-electron chi connectivity index (χ0n) is 10.7. The molecule has 0 spiro atoms. The molecule has 5 N–H and O–H groups in total. The van der Waals surface area contributed by atoms with E-state index >= 15 is 0 Å². The van der Waals surface area contributed by atoms with Crippen molar-refractivity contribution in [2.45, 2.75) is 56.9 Å². The second-order valence-electron chi connectivity index (χ2n) is 4.64. The van der Waals surface area contributed by atoms with Crippen LogP contribution in [-0.2, 0) is 9.59 Å². The summed E-state index contributed by atoms with van der Waals surface area (Å²) in [7, 11) is -1.15. The van der Waals surface area contributed by atoms with Crippen molar-refractivity contribution in [3.63, 3.8) is 0 Å². The molecule has 1 aliphatic heterocycles. The van der Waals surface area contributed by atoms with Gasteiger partial charge in [0.1, 0.15) is 0 Å². The molecule has 18 heavy (non-hydrogen) atoms. The van der Waals surface area contributed by atoms with Gasteiger partial charge in [-0.2, -0.15) is 9.59 Å². The molecular weight excluding hydrogens is 235 g/mol. The lowest BCUT2D eigenvalue weighted by atomic mass is 9.83. The van der Waals surface area contributed by atoms with Crippen LogP contribution in [0.15, 0.2) is 0 Å². The van der Waals surface area contributed by atoms with E-state index in [2.05, 4.69) is 5.32 Å². The Bertz CT molecular complexity index is 229. The molecule has 1 rings (SSSR count). The summed E-state index contributed by atoms with van der Waals surface area (Å²) < 4.78 is 0. The van der Waals surface area contributed by atoms with E-state index in [1.807, 2.05) is 0 Å². The van der Waals surface area contributed by atoms with Gasteiger partial charge in [-0.05, 0) is 38.5 Å². The highest BCUT2D eigenvalue weighted by molar-refractivity contribution is 6.40. The first kappa shape index (κ1) is 17.3. The topological polar surface area (TPSA) is 113 Å². The summed E-state index contributed by atoms with van der Waals surface area (Å²) >= 11 is 0. The monoisotopic (exact) mass is 258 g/mol. The van der Waals surface area contributed by atoms with Gasteiger partial charge in [-0.1, -0.05) is 12.8 Å². The van der Waals surface area contributed by atoms with Gasteiger partial charge in [0.05, 0.1) is 0 Å². The highest BCUT2D eigenvalue weighted by atomic mass is 16.4. The van der Waals surface area contributed by atoms with Crippen LogP contribution < -0.4 is 11.1 Å². The van der Waals surface area contributed by atoms with Crippen molar-refractivity contribution in [1.29, 1.82) is 0 Å². The van der Waals surface area contributed by atoms with Crippen LogP contribution in [0.2, 0.25) is 6.32 Å². The summed E-state index contributed by atoms with van der Waals surface area (Å²) in [6.07, 6.45) is 7.13. The van der Waals surface area contributed by atoms with E-state index in [9.17, 15) is 0 Å². The minimum absolute atomic E-state index is 0.250. The molecule has 1 unspecified atom stereocenters. The zero-order valence-corrected chi connectivity index (χ0v) is 10.7. The third kappa shape index (κ3) is 10.4. The summed E-state index contributed by atoms with van der Waals surface area (Å²) in [5, 5.41) is 20.8. The Labute approximate surface area is 108 Å². The van der Waals surface area contributed by atoms with Crippen LogP contribution in [0.4, 0.5) is 0 Å². The fourth-order valence-corrected chi connectivity index (χ4v) is 2.17. The number of hydrogen-bond acceptors (Lipinski definition) is 6. The Morgan fingerprint density at radius 2 is 2.06 bits per heavy atom. The molecule has 0 amide bonds. The van der Waals surface area contributed by atoms with Gasteiger partial charge in [0.2, 0.25) is 0 Å². The van der Waals surface area contributed by atoms with Crippen molar-refractivity contribution in [1.82, 2.24) is 5.32 Å². The number of nitrogens with two attached hydrogens (primary N) is 1.